The number of rotatable bonds is 2. The molecular weight excluding hydrogens is 223 g/mol. The van der Waals surface area contributed by atoms with Gasteiger partial charge in [0, 0.05) is 17.3 Å². The average molecular weight is 238 g/mol. The number of carboxylic acids is 1. The fourth-order valence-corrected chi connectivity index (χ4v) is 2.17. The first-order valence-corrected chi connectivity index (χ1v) is 5.65. The number of aromatic carboxylic acids is 1. The van der Waals surface area contributed by atoms with Crippen molar-refractivity contribution >= 4 is 11.7 Å². The molecule has 0 unspecified atom stereocenters. The quantitative estimate of drug-likeness (QED) is 0.688. The topological polar surface area (TPSA) is 75.3 Å². The first-order valence-electron chi connectivity index (χ1n) is 5.65. The number of nitrogens with two attached hydrogens (primary N) is 1. The maximum absolute atomic E-state index is 13.8. The highest BCUT2D eigenvalue weighted by Gasteiger charge is 2.21. The van der Waals surface area contributed by atoms with Crippen LogP contribution in [-0.4, -0.2) is 17.6 Å². The minimum atomic E-state index is -1.13. The van der Waals surface area contributed by atoms with E-state index >= 15 is 0 Å². The van der Waals surface area contributed by atoms with E-state index < -0.39 is 11.8 Å². The average Bonchev–Trinajstić information content (AvgIpc) is 2.29. The molecule has 0 spiro atoms. The molecule has 0 bridgehead atoms. The third-order valence-electron chi connectivity index (χ3n) is 3.08. The highest BCUT2D eigenvalue weighted by atomic mass is 19.1. The summed E-state index contributed by atoms with van der Waals surface area (Å²) in [7, 11) is 0. The van der Waals surface area contributed by atoms with E-state index in [9.17, 15) is 9.18 Å². The van der Waals surface area contributed by atoms with E-state index in [1.54, 1.807) is 0 Å². The minimum Gasteiger partial charge on any atom is -0.478 e. The van der Waals surface area contributed by atoms with Crippen LogP contribution < -0.4 is 11.1 Å². The summed E-state index contributed by atoms with van der Waals surface area (Å²) in [6, 6.07) is 2.33. The summed E-state index contributed by atoms with van der Waals surface area (Å²) in [6.07, 6.45) is 2.91. The van der Waals surface area contributed by atoms with Crippen LogP contribution in [0.5, 0.6) is 0 Å². The van der Waals surface area contributed by atoms with Crippen LogP contribution in [0.3, 0.4) is 0 Å². The Balaban J connectivity index is 2.38. The van der Waals surface area contributed by atoms with Crippen LogP contribution in [0.25, 0.3) is 0 Å². The number of piperidine rings is 1. The number of carboxylic acid groups (broad SMARTS) is 1. The van der Waals surface area contributed by atoms with E-state index in [-0.39, 0.29) is 17.3 Å². The molecule has 5 heteroatoms. The summed E-state index contributed by atoms with van der Waals surface area (Å²) in [5.74, 6) is -1.56. The zero-order valence-corrected chi connectivity index (χ0v) is 9.37. The summed E-state index contributed by atoms with van der Waals surface area (Å²) >= 11 is 0. The van der Waals surface area contributed by atoms with Crippen LogP contribution in [0.1, 0.15) is 41.2 Å². The van der Waals surface area contributed by atoms with Crippen LogP contribution >= 0.6 is 0 Å². The SMILES string of the molecule is Nc1cc(F)c([C@@H]2CCCCN2)cc1C(=O)O. The monoisotopic (exact) mass is 238 g/mol. The van der Waals surface area contributed by atoms with Crippen LogP contribution in [0.4, 0.5) is 10.1 Å². The maximum atomic E-state index is 13.8. The fourth-order valence-electron chi connectivity index (χ4n) is 2.17. The zero-order chi connectivity index (χ0) is 12.4. The lowest BCUT2D eigenvalue weighted by molar-refractivity contribution is 0.0698. The molecule has 0 amide bonds. The summed E-state index contributed by atoms with van der Waals surface area (Å²) in [5.41, 5.74) is 5.81. The van der Waals surface area contributed by atoms with Gasteiger partial charge in [-0.2, -0.15) is 0 Å². The molecule has 17 heavy (non-hydrogen) atoms. The van der Waals surface area contributed by atoms with Gasteiger partial charge in [0.2, 0.25) is 0 Å². The Kier molecular flexibility index (Phi) is 3.28. The lowest BCUT2D eigenvalue weighted by atomic mass is 9.95. The molecule has 1 saturated heterocycles. The molecule has 2 rings (SSSR count). The number of hydrogen-bond acceptors (Lipinski definition) is 3. The van der Waals surface area contributed by atoms with Gasteiger partial charge >= 0.3 is 5.97 Å². The van der Waals surface area contributed by atoms with Crippen molar-refractivity contribution in [3.63, 3.8) is 0 Å². The van der Waals surface area contributed by atoms with Gasteiger partial charge in [0.1, 0.15) is 5.82 Å². The second-order valence-corrected chi connectivity index (χ2v) is 4.27. The van der Waals surface area contributed by atoms with Crippen molar-refractivity contribution in [3.8, 4) is 0 Å². The molecule has 1 aliphatic heterocycles. The Morgan fingerprint density at radius 3 is 2.82 bits per heavy atom. The number of nitrogens with one attached hydrogen (secondary N) is 1. The molecular formula is C12H15FN2O2. The van der Waals surface area contributed by atoms with Crippen molar-refractivity contribution in [1.29, 1.82) is 0 Å². The van der Waals surface area contributed by atoms with Crippen molar-refractivity contribution in [2.75, 3.05) is 12.3 Å². The van der Waals surface area contributed by atoms with Gasteiger partial charge in [0.05, 0.1) is 5.56 Å². The molecule has 1 heterocycles. The van der Waals surface area contributed by atoms with Gasteiger partial charge in [0.15, 0.2) is 0 Å². The van der Waals surface area contributed by atoms with Gasteiger partial charge in [-0.15, -0.1) is 0 Å². The first kappa shape index (κ1) is 11.9. The van der Waals surface area contributed by atoms with Gasteiger partial charge < -0.3 is 16.2 Å². The number of halogens is 1. The number of hydrogen-bond donors (Lipinski definition) is 3. The largest absolute Gasteiger partial charge is 0.478 e. The molecule has 1 atom stereocenters. The molecule has 1 aromatic rings. The predicted octanol–water partition coefficient (Wildman–Crippen LogP) is 1.92. The van der Waals surface area contributed by atoms with Gasteiger partial charge in [-0.05, 0) is 31.5 Å². The van der Waals surface area contributed by atoms with Crippen molar-refractivity contribution in [3.05, 3.63) is 29.1 Å². The van der Waals surface area contributed by atoms with Gasteiger partial charge in [-0.3, -0.25) is 0 Å². The van der Waals surface area contributed by atoms with Crippen LogP contribution in [0.15, 0.2) is 12.1 Å². The summed E-state index contributed by atoms with van der Waals surface area (Å²) in [6.45, 7) is 0.830. The maximum Gasteiger partial charge on any atom is 0.337 e. The summed E-state index contributed by atoms with van der Waals surface area (Å²) in [4.78, 5) is 10.9. The second kappa shape index (κ2) is 4.71. The summed E-state index contributed by atoms with van der Waals surface area (Å²) in [5, 5.41) is 12.1. The first-order chi connectivity index (χ1) is 8.09. The van der Waals surface area contributed by atoms with Crippen LogP contribution in [0.2, 0.25) is 0 Å². The number of benzene rings is 1. The Morgan fingerprint density at radius 2 is 2.24 bits per heavy atom. The molecule has 0 aromatic heterocycles. The third kappa shape index (κ3) is 2.39. The molecule has 1 aliphatic rings. The van der Waals surface area contributed by atoms with Crippen molar-refractivity contribution in [2.45, 2.75) is 25.3 Å². The van der Waals surface area contributed by atoms with Crippen LogP contribution in [-0.2, 0) is 0 Å². The van der Waals surface area contributed by atoms with Gasteiger partial charge in [0.25, 0.3) is 0 Å². The van der Waals surface area contributed by atoms with Crippen LogP contribution in [0, 0.1) is 5.82 Å². The zero-order valence-electron chi connectivity index (χ0n) is 9.37. The molecule has 0 saturated carbocycles. The number of anilines is 1. The van der Waals surface area contributed by atoms with E-state index in [1.165, 1.54) is 6.07 Å². The number of carbonyl (C=O) groups is 1. The molecule has 0 aliphatic carbocycles. The van der Waals surface area contributed by atoms with Crippen molar-refractivity contribution < 1.29 is 14.3 Å². The predicted molar refractivity (Wildman–Crippen MR) is 62.4 cm³/mol. The Bertz CT molecular complexity index is 442. The highest BCUT2D eigenvalue weighted by Crippen LogP contribution is 2.28. The minimum absolute atomic E-state index is 0.0328. The van der Waals surface area contributed by atoms with Crippen molar-refractivity contribution in [2.24, 2.45) is 0 Å². The third-order valence-corrected chi connectivity index (χ3v) is 3.08. The molecule has 1 aromatic carbocycles. The van der Waals surface area contributed by atoms with E-state index in [4.69, 9.17) is 10.8 Å². The molecule has 92 valence electrons. The molecule has 4 N–H and O–H groups in total. The molecule has 0 radical (unpaired) electrons. The smallest absolute Gasteiger partial charge is 0.337 e. The van der Waals surface area contributed by atoms with E-state index in [0.29, 0.717) is 5.56 Å². The second-order valence-electron chi connectivity index (χ2n) is 4.27. The molecule has 1 fully saturated rings. The van der Waals surface area contributed by atoms with E-state index in [1.807, 2.05) is 0 Å². The standard InChI is InChI=1S/C12H15FN2O2/c13-9-6-10(14)8(12(16)17)5-7(9)11-3-1-2-4-15-11/h5-6,11,15H,1-4,14H2,(H,16,17)/t11-/m0/s1. The van der Waals surface area contributed by atoms with Crippen molar-refractivity contribution in [1.82, 2.24) is 5.32 Å². The van der Waals surface area contributed by atoms with E-state index in [0.717, 1.165) is 31.9 Å². The van der Waals surface area contributed by atoms with Gasteiger partial charge in [-0.25, -0.2) is 9.18 Å². The lowest BCUT2D eigenvalue weighted by Crippen LogP contribution is -2.27. The molecule has 4 nitrogen and oxygen atoms in total. The Hall–Kier alpha value is -1.62. The van der Waals surface area contributed by atoms with E-state index in [2.05, 4.69) is 5.32 Å². The normalized spacial score (nSPS) is 20.2. The van der Waals surface area contributed by atoms with Gasteiger partial charge in [-0.1, -0.05) is 6.42 Å². The fraction of sp³-hybridized carbons (Fsp3) is 0.417. The summed E-state index contributed by atoms with van der Waals surface area (Å²) < 4.78 is 13.8. The Morgan fingerprint density at radius 1 is 1.47 bits per heavy atom. The number of nitrogen functional groups attached to an aromatic ring is 1. The lowest BCUT2D eigenvalue weighted by Gasteiger charge is -2.24. The highest BCUT2D eigenvalue weighted by molar-refractivity contribution is 5.93. The Labute approximate surface area is 98.6 Å².